The van der Waals surface area contributed by atoms with Crippen LogP contribution in [-0.2, 0) is 19.9 Å². The fourth-order valence-corrected chi connectivity index (χ4v) is 2.72. The van der Waals surface area contributed by atoms with Crippen molar-refractivity contribution in [3.8, 4) is 0 Å². The van der Waals surface area contributed by atoms with E-state index in [1.54, 1.807) is 19.2 Å². The Balaban J connectivity index is 2.02. The summed E-state index contributed by atoms with van der Waals surface area (Å²) in [6, 6.07) is 17.0. The van der Waals surface area contributed by atoms with Gasteiger partial charge >= 0.3 is 11.8 Å². The number of carbonyl (C=O) groups is 2. The number of aryl methyl sites for hydroxylation is 1. The van der Waals surface area contributed by atoms with Crippen LogP contribution in [0.2, 0.25) is 0 Å². The molecule has 132 valence electrons. The molecule has 2 aromatic rings. The van der Waals surface area contributed by atoms with Crippen LogP contribution in [0.25, 0.3) is 0 Å². The van der Waals surface area contributed by atoms with E-state index in [2.05, 4.69) is 10.6 Å². The molecular formula is C20H24N2O3. The maximum atomic E-state index is 12.2. The Morgan fingerprint density at radius 2 is 1.76 bits per heavy atom. The number of hydrogen-bond acceptors (Lipinski definition) is 3. The third-order valence-electron chi connectivity index (χ3n) is 4.28. The average molecular weight is 340 g/mol. The second-order valence-corrected chi connectivity index (χ2v) is 5.92. The second kappa shape index (κ2) is 8.44. The molecule has 2 amide bonds. The summed E-state index contributed by atoms with van der Waals surface area (Å²) in [6.07, 6.45) is 0.660. The Labute approximate surface area is 148 Å². The van der Waals surface area contributed by atoms with Crippen LogP contribution >= 0.6 is 0 Å². The van der Waals surface area contributed by atoms with E-state index in [0.29, 0.717) is 12.1 Å². The van der Waals surface area contributed by atoms with E-state index in [4.69, 9.17) is 4.74 Å². The monoisotopic (exact) mass is 340 g/mol. The minimum Gasteiger partial charge on any atom is -0.372 e. The minimum atomic E-state index is -0.695. The molecule has 25 heavy (non-hydrogen) atoms. The van der Waals surface area contributed by atoms with Crippen LogP contribution in [0, 0.1) is 6.92 Å². The van der Waals surface area contributed by atoms with Gasteiger partial charge in [0.1, 0.15) is 5.60 Å². The maximum absolute atomic E-state index is 12.2. The molecule has 0 saturated heterocycles. The lowest BCUT2D eigenvalue weighted by Crippen LogP contribution is -2.45. The van der Waals surface area contributed by atoms with E-state index < -0.39 is 17.4 Å². The molecule has 2 aromatic carbocycles. The van der Waals surface area contributed by atoms with E-state index in [9.17, 15) is 9.59 Å². The molecule has 0 aliphatic rings. The number of methoxy groups -OCH3 is 1. The molecule has 5 nitrogen and oxygen atoms in total. The topological polar surface area (TPSA) is 67.4 Å². The van der Waals surface area contributed by atoms with Crippen molar-refractivity contribution in [1.29, 1.82) is 0 Å². The number of ether oxygens (including phenoxy) is 1. The average Bonchev–Trinajstić information content (AvgIpc) is 2.63. The smallest absolute Gasteiger partial charge is 0.313 e. The highest BCUT2D eigenvalue weighted by atomic mass is 16.5. The summed E-state index contributed by atoms with van der Waals surface area (Å²) in [5.74, 6) is -1.38. The van der Waals surface area contributed by atoms with Gasteiger partial charge in [-0.25, -0.2) is 0 Å². The van der Waals surface area contributed by atoms with Crippen molar-refractivity contribution >= 4 is 17.5 Å². The first-order valence-corrected chi connectivity index (χ1v) is 8.27. The lowest BCUT2D eigenvalue weighted by atomic mass is 9.90. The molecule has 2 rings (SSSR count). The maximum Gasteiger partial charge on any atom is 0.313 e. The quantitative estimate of drug-likeness (QED) is 0.795. The number of hydrogen-bond donors (Lipinski definition) is 2. The van der Waals surface area contributed by atoms with Crippen LogP contribution in [0.4, 0.5) is 5.69 Å². The molecule has 0 unspecified atom stereocenters. The number of anilines is 1. The van der Waals surface area contributed by atoms with Crippen molar-refractivity contribution in [2.75, 3.05) is 19.0 Å². The van der Waals surface area contributed by atoms with Gasteiger partial charge in [0.15, 0.2) is 0 Å². The Bertz CT molecular complexity index is 725. The molecule has 0 aliphatic heterocycles. The standard InChI is InChI=1S/C20H24N2O3/c1-4-20(25-3,16-10-6-5-7-11-16)14-21-18(23)19(24)22-17-12-8-9-15(2)13-17/h5-13H,4,14H2,1-3H3,(H,21,23)(H,22,24)/t20-/m0/s1. The summed E-state index contributed by atoms with van der Waals surface area (Å²) in [5, 5.41) is 5.29. The van der Waals surface area contributed by atoms with E-state index in [-0.39, 0.29) is 6.54 Å². The number of rotatable bonds is 6. The molecule has 2 N–H and O–H groups in total. The molecule has 0 heterocycles. The van der Waals surface area contributed by atoms with Crippen molar-refractivity contribution in [3.63, 3.8) is 0 Å². The Hall–Kier alpha value is -2.66. The van der Waals surface area contributed by atoms with Gasteiger partial charge in [-0.1, -0.05) is 49.4 Å². The highest BCUT2D eigenvalue weighted by Crippen LogP contribution is 2.28. The van der Waals surface area contributed by atoms with E-state index >= 15 is 0 Å². The van der Waals surface area contributed by atoms with Crippen LogP contribution in [0.3, 0.4) is 0 Å². The fraction of sp³-hybridized carbons (Fsp3) is 0.300. The first kappa shape index (κ1) is 18.7. The minimum absolute atomic E-state index is 0.212. The third-order valence-corrected chi connectivity index (χ3v) is 4.28. The van der Waals surface area contributed by atoms with Gasteiger partial charge in [0.25, 0.3) is 0 Å². The zero-order valence-corrected chi connectivity index (χ0v) is 14.8. The van der Waals surface area contributed by atoms with Crippen LogP contribution in [0.5, 0.6) is 0 Å². The van der Waals surface area contributed by atoms with E-state index in [1.807, 2.05) is 56.3 Å². The van der Waals surface area contributed by atoms with Crippen molar-refractivity contribution in [1.82, 2.24) is 5.32 Å². The molecule has 0 aliphatic carbocycles. The van der Waals surface area contributed by atoms with Crippen molar-refractivity contribution in [3.05, 3.63) is 65.7 Å². The summed E-state index contributed by atoms with van der Waals surface area (Å²) in [6.45, 7) is 4.11. The van der Waals surface area contributed by atoms with Gasteiger partial charge < -0.3 is 15.4 Å². The van der Waals surface area contributed by atoms with Crippen LogP contribution in [-0.4, -0.2) is 25.5 Å². The number of amides is 2. The lowest BCUT2D eigenvalue weighted by Gasteiger charge is -2.32. The van der Waals surface area contributed by atoms with Crippen LogP contribution in [0.15, 0.2) is 54.6 Å². The van der Waals surface area contributed by atoms with Gasteiger partial charge in [0.2, 0.25) is 0 Å². The first-order chi connectivity index (χ1) is 12.0. The molecular weight excluding hydrogens is 316 g/mol. The highest BCUT2D eigenvalue weighted by molar-refractivity contribution is 6.39. The van der Waals surface area contributed by atoms with Gasteiger partial charge in [-0.2, -0.15) is 0 Å². The largest absolute Gasteiger partial charge is 0.372 e. The van der Waals surface area contributed by atoms with Crippen LogP contribution in [0.1, 0.15) is 24.5 Å². The van der Waals surface area contributed by atoms with Gasteiger partial charge in [-0.3, -0.25) is 9.59 Å². The lowest BCUT2D eigenvalue weighted by molar-refractivity contribution is -0.137. The highest BCUT2D eigenvalue weighted by Gasteiger charge is 2.31. The van der Waals surface area contributed by atoms with Gasteiger partial charge in [-0.05, 0) is 36.6 Å². The number of benzene rings is 2. The molecule has 0 spiro atoms. The molecule has 0 bridgehead atoms. The Kier molecular flexibility index (Phi) is 6.31. The van der Waals surface area contributed by atoms with Crippen molar-refractivity contribution in [2.45, 2.75) is 25.9 Å². The van der Waals surface area contributed by atoms with Gasteiger partial charge in [0.05, 0.1) is 6.54 Å². The summed E-state index contributed by atoms with van der Waals surface area (Å²) < 4.78 is 5.69. The number of carbonyl (C=O) groups excluding carboxylic acids is 2. The number of nitrogens with one attached hydrogen (secondary N) is 2. The van der Waals surface area contributed by atoms with Crippen LogP contribution < -0.4 is 10.6 Å². The SMILES string of the molecule is CC[C@@](CNC(=O)C(=O)Nc1cccc(C)c1)(OC)c1ccccc1. The zero-order valence-electron chi connectivity index (χ0n) is 14.8. The fourth-order valence-electron chi connectivity index (χ4n) is 2.72. The Morgan fingerprint density at radius 1 is 1.04 bits per heavy atom. The van der Waals surface area contributed by atoms with E-state index in [1.165, 1.54) is 0 Å². The van der Waals surface area contributed by atoms with Gasteiger partial charge in [-0.15, -0.1) is 0 Å². The summed E-state index contributed by atoms with van der Waals surface area (Å²) in [5.41, 5.74) is 1.89. The summed E-state index contributed by atoms with van der Waals surface area (Å²) in [7, 11) is 1.61. The zero-order chi connectivity index (χ0) is 18.3. The summed E-state index contributed by atoms with van der Waals surface area (Å²) in [4.78, 5) is 24.3. The second-order valence-electron chi connectivity index (χ2n) is 5.92. The van der Waals surface area contributed by atoms with Gasteiger partial charge in [0, 0.05) is 12.8 Å². The first-order valence-electron chi connectivity index (χ1n) is 8.27. The third kappa shape index (κ3) is 4.67. The van der Waals surface area contributed by atoms with Crippen molar-refractivity contribution < 1.29 is 14.3 Å². The molecule has 0 radical (unpaired) electrons. The predicted octanol–water partition coefficient (Wildman–Crippen LogP) is 3.00. The molecule has 0 fully saturated rings. The van der Waals surface area contributed by atoms with E-state index in [0.717, 1.165) is 11.1 Å². The molecule has 1 atom stereocenters. The molecule has 0 aromatic heterocycles. The normalized spacial score (nSPS) is 12.9. The Morgan fingerprint density at radius 3 is 2.36 bits per heavy atom. The van der Waals surface area contributed by atoms with Crippen molar-refractivity contribution in [2.24, 2.45) is 0 Å². The predicted molar refractivity (Wildman–Crippen MR) is 98.2 cm³/mol. The molecule has 5 heteroatoms. The molecule has 0 saturated carbocycles. The summed E-state index contributed by atoms with van der Waals surface area (Å²) >= 11 is 0.